The van der Waals surface area contributed by atoms with E-state index in [2.05, 4.69) is 20.6 Å². The number of aryl methyl sites for hydroxylation is 1. The molecule has 4 aromatic rings. The molecule has 1 aliphatic carbocycles. The predicted molar refractivity (Wildman–Crippen MR) is 133 cm³/mol. The minimum absolute atomic E-state index is 0.122. The summed E-state index contributed by atoms with van der Waals surface area (Å²) in [4.78, 5) is 23.1. The van der Waals surface area contributed by atoms with Crippen molar-refractivity contribution in [3.63, 3.8) is 0 Å². The Morgan fingerprint density at radius 3 is 2.88 bits per heavy atom. The Bertz CT molecular complexity index is 1440. The number of nitrogens with one attached hydrogen (secondary N) is 2. The van der Waals surface area contributed by atoms with Crippen LogP contribution in [0.1, 0.15) is 22.4 Å². The van der Waals surface area contributed by atoms with Gasteiger partial charge in [-0.25, -0.2) is 14.4 Å². The summed E-state index contributed by atoms with van der Waals surface area (Å²) in [5.41, 5.74) is 3.21. The zero-order chi connectivity index (χ0) is 23.7. The molecule has 2 aromatic carbocycles. The van der Waals surface area contributed by atoms with E-state index in [1.807, 2.05) is 6.07 Å². The molecule has 1 aliphatic rings. The molecule has 9 heteroatoms. The van der Waals surface area contributed by atoms with Gasteiger partial charge in [-0.05, 0) is 47.9 Å². The average Bonchev–Trinajstić information content (AvgIpc) is 3.20. The number of thiophene rings is 1. The van der Waals surface area contributed by atoms with Crippen LogP contribution >= 0.6 is 22.9 Å². The average molecular weight is 495 g/mol. The molecule has 0 atom stereocenters. The van der Waals surface area contributed by atoms with Crippen LogP contribution in [0.3, 0.4) is 0 Å². The molecule has 0 saturated carbocycles. The third kappa shape index (κ3) is 4.34. The van der Waals surface area contributed by atoms with Crippen LogP contribution < -0.4 is 15.4 Å². The Kier molecular flexibility index (Phi) is 6.17. The second-order valence-electron chi connectivity index (χ2n) is 7.77. The maximum absolute atomic E-state index is 13.4. The summed E-state index contributed by atoms with van der Waals surface area (Å²) in [6.07, 6.45) is 4.35. The molecule has 0 saturated heterocycles. The van der Waals surface area contributed by atoms with Gasteiger partial charge in [-0.1, -0.05) is 23.7 Å². The number of carbonyl (C=O) groups excluding carboxylic acids is 1. The van der Waals surface area contributed by atoms with Gasteiger partial charge < -0.3 is 15.4 Å². The number of allylic oxidation sites excluding steroid dienone is 1. The standard InChI is InChI=1S/C25H20ClFN4O2S/c1-28-11-18-20(32)7-6-17-22-24(29-13-30-25(22)34-23(17)18)31-16-5-8-21(19(26)10-16)33-12-14-3-2-4-15(27)9-14/h2-5,8-11,13,28H,6-7,12H2,1H3,(H,29,30,31)/b18-11-. The molecule has 0 fully saturated rings. The number of hydrogen-bond donors (Lipinski definition) is 2. The van der Waals surface area contributed by atoms with Crippen molar-refractivity contribution in [1.82, 2.24) is 15.3 Å². The van der Waals surface area contributed by atoms with E-state index in [1.54, 1.807) is 37.5 Å². The van der Waals surface area contributed by atoms with Crippen LogP contribution in [0.25, 0.3) is 15.8 Å². The van der Waals surface area contributed by atoms with Crippen molar-refractivity contribution < 1.29 is 13.9 Å². The van der Waals surface area contributed by atoms with Gasteiger partial charge in [0.1, 0.15) is 35.1 Å². The summed E-state index contributed by atoms with van der Waals surface area (Å²) >= 11 is 7.95. The lowest BCUT2D eigenvalue weighted by molar-refractivity contribution is -0.113. The smallest absolute Gasteiger partial charge is 0.166 e. The summed E-state index contributed by atoms with van der Waals surface area (Å²) in [5, 5.41) is 7.64. The highest BCUT2D eigenvalue weighted by atomic mass is 35.5. The molecule has 0 bridgehead atoms. The van der Waals surface area contributed by atoms with E-state index in [9.17, 15) is 9.18 Å². The topological polar surface area (TPSA) is 76.1 Å². The van der Waals surface area contributed by atoms with Gasteiger partial charge >= 0.3 is 0 Å². The Hall–Kier alpha value is -3.49. The summed E-state index contributed by atoms with van der Waals surface area (Å²) in [7, 11) is 1.78. The number of ether oxygens (including phenoxy) is 1. The second kappa shape index (κ2) is 9.40. The number of Topliss-reactive ketones (excluding diaryl/α,β-unsaturated/α-hetero) is 1. The number of nitrogens with zero attached hydrogens (tertiary/aromatic N) is 2. The third-order valence-corrected chi connectivity index (χ3v) is 6.97. The molecule has 2 heterocycles. The molecule has 172 valence electrons. The first kappa shape index (κ1) is 22.3. The minimum Gasteiger partial charge on any atom is -0.487 e. The molecule has 0 radical (unpaired) electrons. The van der Waals surface area contributed by atoms with E-state index in [1.165, 1.54) is 29.8 Å². The van der Waals surface area contributed by atoms with Crippen molar-refractivity contribution in [2.45, 2.75) is 19.4 Å². The second-order valence-corrected chi connectivity index (χ2v) is 9.18. The summed E-state index contributed by atoms with van der Waals surface area (Å²) < 4.78 is 19.1. The highest BCUT2D eigenvalue weighted by Crippen LogP contribution is 2.42. The number of benzene rings is 2. The Balaban J connectivity index is 1.41. The van der Waals surface area contributed by atoms with Gasteiger partial charge in [-0.2, -0.15) is 0 Å². The van der Waals surface area contributed by atoms with Gasteiger partial charge in [0.25, 0.3) is 0 Å². The van der Waals surface area contributed by atoms with Crippen LogP contribution in [-0.4, -0.2) is 22.8 Å². The fourth-order valence-electron chi connectivity index (χ4n) is 3.95. The zero-order valence-electron chi connectivity index (χ0n) is 18.2. The first-order chi connectivity index (χ1) is 16.5. The van der Waals surface area contributed by atoms with Crippen LogP contribution in [0.4, 0.5) is 15.9 Å². The van der Waals surface area contributed by atoms with Crippen molar-refractivity contribution >= 4 is 56.0 Å². The number of rotatable bonds is 6. The van der Waals surface area contributed by atoms with Crippen LogP contribution in [0.5, 0.6) is 5.75 Å². The van der Waals surface area contributed by atoms with Crippen LogP contribution in [-0.2, 0) is 17.8 Å². The molecule has 0 aliphatic heterocycles. The van der Waals surface area contributed by atoms with E-state index in [-0.39, 0.29) is 18.2 Å². The Morgan fingerprint density at radius 2 is 2.09 bits per heavy atom. The Morgan fingerprint density at radius 1 is 1.21 bits per heavy atom. The van der Waals surface area contributed by atoms with Gasteiger partial charge in [-0.15, -0.1) is 11.3 Å². The van der Waals surface area contributed by atoms with Crippen molar-refractivity contribution in [1.29, 1.82) is 0 Å². The minimum atomic E-state index is -0.309. The fourth-order valence-corrected chi connectivity index (χ4v) is 5.41. The number of anilines is 2. The van der Waals surface area contributed by atoms with Gasteiger partial charge in [0, 0.05) is 30.2 Å². The Labute approximate surface area is 204 Å². The third-order valence-electron chi connectivity index (χ3n) is 5.50. The molecular weight excluding hydrogens is 475 g/mol. The van der Waals surface area contributed by atoms with E-state index < -0.39 is 0 Å². The quantitative estimate of drug-likeness (QED) is 0.326. The normalized spacial score (nSPS) is 14.3. The van der Waals surface area contributed by atoms with E-state index in [0.29, 0.717) is 40.6 Å². The monoisotopic (exact) mass is 494 g/mol. The van der Waals surface area contributed by atoms with Gasteiger partial charge in [0.05, 0.1) is 16.0 Å². The first-order valence-corrected chi connectivity index (χ1v) is 11.8. The lowest BCUT2D eigenvalue weighted by Crippen LogP contribution is -2.13. The molecular formula is C25H20ClFN4O2S. The van der Waals surface area contributed by atoms with Gasteiger partial charge in [0.15, 0.2) is 5.78 Å². The van der Waals surface area contributed by atoms with E-state index >= 15 is 0 Å². The number of halogens is 2. The number of hydrogen-bond acceptors (Lipinski definition) is 7. The number of aromatic nitrogens is 2. The molecule has 6 nitrogen and oxygen atoms in total. The van der Waals surface area contributed by atoms with Crippen molar-refractivity contribution in [2.24, 2.45) is 0 Å². The van der Waals surface area contributed by atoms with Crippen LogP contribution in [0, 0.1) is 5.82 Å². The number of ketones is 1. The highest BCUT2D eigenvalue weighted by molar-refractivity contribution is 7.20. The fraction of sp³-hybridized carbons (Fsp3) is 0.160. The molecule has 2 aromatic heterocycles. The van der Waals surface area contributed by atoms with Crippen molar-refractivity contribution in [3.05, 3.63) is 81.8 Å². The lowest BCUT2D eigenvalue weighted by atomic mass is 9.92. The molecule has 0 spiro atoms. The zero-order valence-corrected chi connectivity index (χ0v) is 19.8. The largest absolute Gasteiger partial charge is 0.487 e. The summed E-state index contributed by atoms with van der Waals surface area (Å²) in [5.74, 6) is 0.968. The van der Waals surface area contributed by atoms with Crippen LogP contribution in [0.2, 0.25) is 5.02 Å². The van der Waals surface area contributed by atoms with Crippen molar-refractivity contribution in [3.8, 4) is 5.75 Å². The van der Waals surface area contributed by atoms with E-state index in [0.717, 1.165) is 26.3 Å². The maximum Gasteiger partial charge on any atom is 0.166 e. The summed E-state index contributed by atoms with van der Waals surface area (Å²) in [6.45, 7) is 0.207. The molecule has 0 amide bonds. The van der Waals surface area contributed by atoms with Crippen LogP contribution in [0.15, 0.2) is 55.0 Å². The molecule has 34 heavy (non-hydrogen) atoms. The SMILES string of the molecule is CN/C=C1/C(=O)CCc2c1sc1ncnc(Nc3ccc(OCc4cccc(F)c4)c(Cl)c3)c21. The van der Waals surface area contributed by atoms with E-state index in [4.69, 9.17) is 16.3 Å². The number of fused-ring (bicyclic) bond motifs is 3. The maximum atomic E-state index is 13.4. The lowest BCUT2D eigenvalue weighted by Gasteiger charge is -2.15. The number of carbonyl (C=O) groups is 1. The molecule has 2 N–H and O–H groups in total. The van der Waals surface area contributed by atoms with Gasteiger partial charge in [-0.3, -0.25) is 4.79 Å². The van der Waals surface area contributed by atoms with Crippen molar-refractivity contribution in [2.75, 3.05) is 12.4 Å². The summed E-state index contributed by atoms with van der Waals surface area (Å²) in [6, 6.07) is 11.6. The highest BCUT2D eigenvalue weighted by Gasteiger charge is 2.27. The molecule has 5 rings (SSSR count). The molecule has 0 unspecified atom stereocenters. The first-order valence-electron chi connectivity index (χ1n) is 10.6. The predicted octanol–water partition coefficient (Wildman–Crippen LogP) is 5.88. The van der Waals surface area contributed by atoms with Gasteiger partial charge in [0.2, 0.25) is 0 Å².